The molecule has 0 bridgehead atoms. The number of carboxylic acid groups (broad SMARTS) is 1. The molecule has 5 heteroatoms. The van der Waals surface area contributed by atoms with Crippen molar-refractivity contribution in [1.82, 2.24) is 4.90 Å². The molecule has 0 fully saturated rings. The van der Waals surface area contributed by atoms with Crippen molar-refractivity contribution < 1.29 is 19.4 Å². The minimum atomic E-state index is -1.01. The molecule has 0 radical (unpaired) electrons. The zero-order chi connectivity index (χ0) is 16.0. The highest BCUT2D eigenvalue weighted by Gasteiger charge is 2.22. The van der Waals surface area contributed by atoms with Gasteiger partial charge in [0.2, 0.25) is 0 Å². The summed E-state index contributed by atoms with van der Waals surface area (Å²) in [4.78, 5) is 24.7. The molecule has 0 spiro atoms. The van der Waals surface area contributed by atoms with Crippen LogP contribution in [0.4, 0.5) is 0 Å². The zero-order valence-electron chi connectivity index (χ0n) is 13.0. The van der Waals surface area contributed by atoms with Gasteiger partial charge in [-0.2, -0.15) is 0 Å². The van der Waals surface area contributed by atoms with Crippen LogP contribution in [0.1, 0.15) is 44.5 Å². The molecular weight excluding hydrogens is 270 g/mol. The fourth-order valence-electron chi connectivity index (χ4n) is 1.91. The summed E-state index contributed by atoms with van der Waals surface area (Å²) in [6, 6.07) is 6.65. The van der Waals surface area contributed by atoms with Gasteiger partial charge < -0.3 is 14.7 Å². The number of nitrogens with zero attached hydrogens (tertiary/aromatic N) is 1. The Kier molecular flexibility index (Phi) is 6.21. The maximum atomic E-state index is 12.4. The molecule has 1 rings (SSSR count). The Labute approximate surface area is 125 Å². The predicted octanol–water partition coefficient (Wildman–Crippen LogP) is 2.80. The van der Waals surface area contributed by atoms with Gasteiger partial charge in [0, 0.05) is 11.6 Å². The first-order chi connectivity index (χ1) is 9.85. The lowest BCUT2D eigenvalue weighted by Gasteiger charge is -2.27. The van der Waals surface area contributed by atoms with E-state index in [4.69, 9.17) is 9.84 Å². The van der Waals surface area contributed by atoms with Crippen LogP contribution in [0.25, 0.3) is 0 Å². The zero-order valence-corrected chi connectivity index (χ0v) is 13.0. The molecule has 0 aliphatic heterocycles. The van der Waals surface area contributed by atoms with Crippen LogP contribution in [-0.4, -0.2) is 40.6 Å². The third-order valence-electron chi connectivity index (χ3n) is 3.16. The van der Waals surface area contributed by atoms with Crippen molar-refractivity contribution >= 4 is 11.9 Å². The molecule has 0 aliphatic rings. The van der Waals surface area contributed by atoms with E-state index in [1.165, 1.54) is 4.90 Å². The van der Waals surface area contributed by atoms with Gasteiger partial charge >= 0.3 is 5.97 Å². The van der Waals surface area contributed by atoms with Crippen LogP contribution in [0.15, 0.2) is 24.3 Å². The Bertz CT molecular complexity index is 482. The van der Waals surface area contributed by atoms with Crippen LogP contribution in [0.5, 0.6) is 5.75 Å². The number of carbonyl (C=O) groups excluding carboxylic acids is 1. The lowest BCUT2D eigenvalue weighted by molar-refractivity contribution is -0.138. The smallest absolute Gasteiger partial charge is 0.323 e. The summed E-state index contributed by atoms with van der Waals surface area (Å²) < 4.78 is 5.52. The van der Waals surface area contributed by atoms with Crippen LogP contribution in [0.3, 0.4) is 0 Å². The van der Waals surface area contributed by atoms with Gasteiger partial charge in [-0.25, -0.2) is 0 Å². The van der Waals surface area contributed by atoms with Gasteiger partial charge in [-0.15, -0.1) is 0 Å². The lowest BCUT2D eigenvalue weighted by Crippen LogP contribution is -2.41. The first-order valence-electron chi connectivity index (χ1n) is 7.14. The number of hydrogen-bond acceptors (Lipinski definition) is 3. The van der Waals surface area contributed by atoms with E-state index >= 15 is 0 Å². The number of hydrogen-bond donors (Lipinski definition) is 1. The van der Waals surface area contributed by atoms with Crippen LogP contribution >= 0.6 is 0 Å². The Morgan fingerprint density at radius 2 is 1.76 bits per heavy atom. The van der Waals surface area contributed by atoms with Gasteiger partial charge in [-0.1, -0.05) is 6.92 Å². The summed E-state index contributed by atoms with van der Waals surface area (Å²) in [5.41, 5.74) is 0.465. The fourth-order valence-corrected chi connectivity index (χ4v) is 1.91. The van der Waals surface area contributed by atoms with Crippen molar-refractivity contribution in [3.63, 3.8) is 0 Å². The van der Waals surface area contributed by atoms with E-state index in [1.807, 2.05) is 27.7 Å². The number of ether oxygens (including phenoxy) is 1. The highest BCUT2D eigenvalue weighted by Crippen LogP contribution is 2.16. The summed E-state index contributed by atoms with van der Waals surface area (Å²) >= 11 is 0. The maximum Gasteiger partial charge on any atom is 0.323 e. The molecule has 1 unspecified atom stereocenters. The van der Waals surface area contributed by atoms with E-state index in [0.29, 0.717) is 17.7 Å². The van der Waals surface area contributed by atoms with Crippen molar-refractivity contribution in [2.75, 3.05) is 6.54 Å². The highest BCUT2D eigenvalue weighted by atomic mass is 16.5. The number of aliphatic carboxylic acids is 1. The van der Waals surface area contributed by atoms with E-state index in [1.54, 1.807) is 24.3 Å². The summed E-state index contributed by atoms with van der Waals surface area (Å²) in [6.45, 7) is 7.33. The average molecular weight is 293 g/mol. The third-order valence-corrected chi connectivity index (χ3v) is 3.16. The second-order valence-electron chi connectivity index (χ2n) is 5.28. The minimum absolute atomic E-state index is 0.0650. The molecule has 1 aromatic rings. The molecule has 1 aromatic carbocycles. The topological polar surface area (TPSA) is 66.8 Å². The quantitative estimate of drug-likeness (QED) is 0.839. The van der Waals surface area contributed by atoms with E-state index in [0.717, 1.165) is 0 Å². The second kappa shape index (κ2) is 7.67. The molecule has 21 heavy (non-hydrogen) atoms. The summed E-state index contributed by atoms with van der Waals surface area (Å²) in [5, 5.41) is 8.95. The molecule has 0 aliphatic carbocycles. The molecule has 5 nitrogen and oxygen atoms in total. The van der Waals surface area contributed by atoms with E-state index in [9.17, 15) is 9.59 Å². The molecule has 0 aromatic heterocycles. The summed E-state index contributed by atoms with van der Waals surface area (Å²) in [7, 11) is 0. The molecule has 0 heterocycles. The highest BCUT2D eigenvalue weighted by molar-refractivity contribution is 5.96. The van der Waals surface area contributed by atoms with Crippen molar-refractivity contribution in [3.8, 4) is 5.75 Å². The summed E-state index contributed by atoms with van der Waals surface area (Å²) in [5.74, 6) is -0.596. The predicted molar refractivity (Wildman–Crippen MR) is 80.6 cm³/mol. The van der Waals surface area contributed by atoms with Gasteiger partial charge in [0.1, 0.15) is 12.3 Å². The number of carbonyl (C=O) groups is 2. The lowest BCUT2D eigenvalue weighted by atomic mass is 10.1. The molecule has 0 saturated heterocycles. The average Bonchev–Trinajstić information content (AvgIpc) is 2.43. The molecule has 116 valence electrons. The SMILES string of the molecule is CCC(C)N(CC(=O)O)C(=O)c1ccc(OC(C)C)cc1. The monoisotopic (exact) mass is 293 g/mol. The van der Waals surface area contributed by atoms with Gasteiger partial charge in [-0.3, -0.25) is 9.59 Å². The van der Waals surface area contributed by atoms with Crippen LogP contribution < -0.4 is 4.74 Å². The van der Waals surface area contributed by atoms with Crippen LogP contribution in [0.2, 0.25) is 0 Å². The molecule has 1 amide bonds. The molecule has 0 saturated carbocycles. The minimum Gasteiger partial charge on any atom is -0.491 e. The van der Waals surface area contributed by atoms with E-state index in [2.05, 4.69) is 0 Å². The van der Waals surface area contributed by atoms with Gasteiger partial charge in [0.25, 0.3) is 5.91 Å². The number of benzene rings is 1. The fraction of sp³-hybridized carbons (Fsp3) is 0.500. The number of rotatable bonds is 7. The Hall–Kier alpha value is -2.04. The van der Waals surface area contributed by atoms with Crippen molar-refractivity contribution in [1.29, 1.82) is 0 Å². The van der Waals surface area contributed by atoms with Crippen molar-refractivity contribution in [2.45, 2.75) is 46.3 Å². The van der Waals surface area contributed by atoms with E-state index < -0.39 is 5.97 Å². The Morgan fingerprint density at radius 1 is 1.19 bits per heavy atom. The number of amides is 1. The van der Waals surface area contributed by atoms with Crippen LogP contribution in [0, 0.1) is 0 Å². The first kappa shape index (κ1) is 17.0. The largest absolute Gasteiger partial charge is 0.491 e. The Morgan fingerprint density at radius 3 is 2.19 bits per heavy atom. The van der Waals surface area contributed by atoms with Gasteiger partial charge in [-0.05, 0) is 51.5 Å². The second-order valence-corrected chi connectivity index (χ2v) is 5.28. The molecular formula is C16H23NO4. The first-order valence-corrected chi connectivity index (χ1v) is 7.14. The van der Waals surface area contributed by atoms with E-state index in [-0.39, 0.29) is 24.6 Å². The molecule has 1 atom stereocenters. The third kappa shape index (κ3) is 5.10. The summed E-state index contributed by atoms with van der Waals surface area (Å²) in [6.07, 6.45) is 0.767. The van der Waals surface area contributed by atoms with Crippen molar-refractivity contribution in [2.24, 2.45) is 0 Å². The molecule has 1 N–H and O–H groups in total. The van der Waals surface area contributed by atoms with Crippen LogP contribution in [-0.2, 0) is 4.79 Å². The standard InChI is InChI=1S/C16H23NO4/c1-5-12(4)17(10-15(18)19)16(20)13-6-8-14(9-7-13)21-11(2)3/h6-9,11-12H,5,10H2,1-4H3,(H,18,19). The number of carboxylic acids is 1. The van der Waals surface area contributed by atoms with Crippen molar-refractivity contribution in [3.05, 3.63) is 29.8 Å². The Balaban J connectivity index is 2.90. The normalized spacial score (nSPS) is 12.0. The maximum absolute atomic E-state index is 12.4. The van der Waals surface area contributed by atoms with Gasteiger partial charge in [0.05, 0.1) is 6.10 Å². The van der Waals surface area contributed by atoms with Gasteiger partial charge in [0.15, 0.2) is 0 Å².